The van der Waals surface area contributed by atoms with E-state index < -0.39 is 0 Å². The van der Waals surface area contributed by atoms with Crippen LogP contribution in [0, 0.1) is 0 Å². The molecule has 4 aromatic rings. The standard InChI is InChI=1S/C31H26ClNO5S/c1-2-36-28-18-22(12-15-27(28)38-20-21-10-13-24(32)14-11-21)19-29-30(34)33(31(35)39-29)16-17-37-26-9-5-7-23-6-3-4-8-25(23)26/h3-15,18-19H,2,16-17,20H2,1H3/b29-19-. The second kappa shape index (κ2) is 12.3. The summed E-state index contributed by atoms with van der Waals surface area (Å²) in [5, 5.41) is 2.40. The van der Waals surface area contributed by atoms with Crippen molar-refractivity contribution in [2.24, 2.45) is 0 Å². The molecule has 1 aliphatic rings. The normalized spacial score (nSPS) is 14.3. The first-order valence-electron chi connectivity index (χ1n) is 12.5. The van der Waals surface area contributed by atoms with Crippen LogP contribution in [0.1, 0.15) is 18.1 Å². The zero-order chi connectivity index (χ0) is 27.2. The van der Waals surface area contributed by atoms with Gasteiger partial charge in [-0.2, -0.15) is 0 Å². The number of fused-ring (bicyclic) bond motifs is 1. The minimum absolute atomic E-state index is 0.160. The SMILES string of the molecule is CCOc1cc(/C=C2\SC(=O)N(CCOc3cccc4ccccc34)C2=O)ccc1OCc1ccc(Cl)cc1. The molecule has 0 aliphatic carbocycles. The molecule has 198 valence electrons. The fraction of sp³-hybridized carbons (Fsp3) is 0.161. The Morgan fingerprint density at radius 1 is 0.846 bits per heavy atom. The van der Waals surface area contributed by atoms with Gasteiger partial charge in [0.2, 0.25) is 0 Å². The van der Waals surface area contributed by atoms with E-state index in [2.05, 4.69) is 0 Å². The van der Waals surface area contributed by atoms with Gasteiger partial charge in [-0.3, -0.25) is 14.5 Å². The lowest BCUT2D eigenvalue weighted by Gasteiger charge is -2.14. The van der Waals surface area contributed by atoms with E-state index in [4.69, 9.17) is 25.8 Å². The Hall–Kier alpha value is -3.94. The van der Waals surface area contributed by atoms with E-state index in [1.54, 1.807) is 18.2 Å². The molecule has 5 rings (SSSR count). The summed E-state index contributed by atoms with van der Waals surface area (Å²) < 4.78 is 17.7. The summed E-state index contributed by atoms with van der Waals surface area (Å²) in [7, 11) is 0. The minimum Gasteiger partial charge on any atom is -0.491 e. The van der Waals surface area contributed by atoms with E-state index >= 15 is 0 Å². The van der Waals surface area contributed by atoms with Gasteiger partial charge in [0.15, 0.2) is 11.5 Å². The Morgan fingerprint density at radius 2 is 1.64 bits per heavy atom. The van der Waals surface area contributed by atoms with Gasteiger partial charge in [0.05, 0.1) is 18.1 Å². The predicted molar refractivity (Wildman–Crippen MR) is 156 cm³/mol. The highest BCUT2D eigenvalue weighted by Gasteiger charge is 2.34. The van der Waals surface area contributed by atoms with E-state index in [-0.39, 0.29) is 24.3 Å². The van der Waals surface area contributed by atoms with Gasteiger partial charge >= 0.3 is 0 Å². The number of carbonyl (C=O) groups is 2. The van der Waals surface area contributed by atoms with Crippen LogP contribution in [0.25, 0.3) is 16.8 Å². The maximum absolute atomic E-state index is 13.0. The molecular formula is C31H26ClNO5S. The quantitative estimate of drug-likeness (QED) is 0.187. The third kappa shape index (κ3) is 6.38. The molecule has 39 heavy (non-hydrogen) atoms. The van der Waals surface area contributed by atoms with Crippen LogP contribution in [0.5, 0.6) is 17.2 Å². The van der Waals surface area contributed by atoms with Crippen LogP contribution in [0.2, 0.25) is 5.02 Å². The van der Waals surface area contributed by atoms with E-state index in [1.165, 1.54) is 4.90 Å². The lowest BCUT2D eigenvalue weighted by molar-refractivity contribution is -0.123. The molecule has 4 aromatic carbocycles. The third-order valence-electron chi connectivity index (χ3n) is 6.07. The molecule has 6 nitrogen and oxygen atoms in total. The molecule has 0 atom stereocenters. The first kappa shape index (κ1) is 26.7. The summed E-state index contributed by atoms with van der Waals surface area (Å²) in [6, 6.07) is 26.6. The highest BCUT2D eigenvalue weighted by molar-refractivity contribution is 8.18. The van der Waals surface area contributed by atoms with Gasteiger partial charge < -0.3 is 14.2 Å². The molecule has 0 radical (unpaired) electrons. The van der Waals surface area contributed by atoms with Gasteiger partial charge in [0.25, 0.3) is 11.1 Å². The number of rotatable bonds is 10. The van der Waals surface area contributed by atoms with Crippen molar-refractivity contribution < 1.29 is 23.8 Å². The first-order chi connectivity index (χ1) is 19.0. The van der Waals surface area contributed by atoms with Gasteiger partial charge in [-0.05, 0) is 71.6 Å². The molecule has 1 heterocycles. The molecule has 0 bridgehead atoms. The van der Waals surface area contributed by atoms with Crippen LogP contribution >= 0.6 is 23.4 Å². The molecule has 8 heteroatoms. The number of imide groups is 1. The monoisotopic (exact) mass is 559 g/mol. The number of halogens is 1. The van der Waals surface area contributed by atoms with Gasteiger partial charge in [0.1, 0.15) is 19.0 Å². The van der Waals surface area contributed by atoms with Crippen LogP contribution in [-0.2, 0) is 11.4 Å². The average molecular weight is 560 g/mol. The van der Waals surface area contributed by atoms with Crippen molar-refractivity contribution in [2.75, 3.05) is 19.8 Å². The highest BCUT2D eigenvalue weighted by atomic mass is 35.5. The van der Waals surface area contributed by atoms with E-state index in [1.807, 2.05) is 79.7 Å². The molecule has 0 N–H and O–H groups in total. The van der Waals surface area contributed by atoms with Crippen LogP contribution < -0.4 is 14.2 Å². The topological polar surface area (TPSA) is 65.1 Å². The van der Waals surface area contributed by atoms with Crippen LogP contribution in [0.15, 0.2) is 89.8 Å². The van der Waals surface area contributed by atoms with Crippen molar-refractivity contribution in [3.8, 4) is 17.2 Å². The Balaban J connectivity index is 1.24. The minimum atomic E-state index is -0.340. The Labute approximate surface area is 236 Å². The summed E-state index contributed by atoms with van der Waals surface area (Å²) in [5.41, 5.74) is 1.71. The van der Waals surface area contributed by atoms with Gasteiger partial charge in [-0.25, -0.2) is 0 Å². The average Bonchev–Trinajstić information content (AvgIpc) is 3.21. The van der Waals surface area contributed by atoms with Crippen LogP contribution in [0.3, 0.4) is 0 Å². The third-order valence-corrected chi connectivity index (χ3v) is 7.23. The van der Waals surface area contributed by atoms with E-state index in [9.17, 15) is 9.59 Å². The summed E-state index contributed by atoms with van der Waals surface area (Å²) in [4.78, 5) is 27.2. The second-order valence-corrected chi connectivity index (χ2v) is 10.1. The fourth-order valence-electron chi connectivity index (χ4n) is 4.16. The number of hydrogen-bond donors (Lipinski definition) is 0. The maximum Gasteiger partial charge on any atom is 0.293 e. The Bertz CT molecular complexity index is 1530. The Morgan fingerprint density at radius 3 is 2.46 bits per heavy atom. The number of carbonyl (C=O) groups excluding carboxylic acids is 2. The number of amides is 2. The van der Waals surface area contributed by atoms with Crippen molar-refractivity contribution in [2.45, 2.75) is 13.5 Å². The number of thioether (sulfide) groups is 1. The van der Waals surface area contributed by atoms with Crippen molar-refractivity contribution in [1.82, 2.24) is 4.90 Å². The lowest BCUT2D eigenvalue weighted by atomic mass is 10.1. The zero-order valence-corrected chi connectivity index (χ0v) is 22.8. The molecule has 1 fully saturated rings. The molecule has 0 aromatic heterocycles. The molecule has 1 saturated heterocycles. The summed E-state index contributed by atoms with van der Waals surface area (Å²) in [6.07, 6.45) is 1.70. The molecule has 0 saturated carbocycles. The van der Waals surface area contributed by atoms with E-state index in [0.717, 1.165) is 39.4 Å². The number of hydrogen-bond acceptors (Lipinski definition) is 6. The first-order valence-corrected chi connectivity index (χ1v) is 13.7. The predicted octanol–water partition coefficient (Wildman–Crippen LogP) is 7.59. The second-order valence-electron chi connectivity index (χ2n) is 8.71. The highest BCUT2D eigenvalue weighted by Crippen LogP contribution is 2.35. The lowest BCUT2D eigenvalue weighted by Crippen LogP contribution is -2.32. The summed E-state index contributed by atoms with van der Waals surface area (Å²) >= 11 is 6.88. The number of ether oxygens (including phenoxy) is 3. The van der Waals surface area contributed by atoms with Gasteiger partial charge in [-0.15, -0.1) is 0 Å². The maximum atomic E-state index is 13.0. The van der Waals surface area contributed by atoms with Crippen LogP contribution in [-0.4, -0.2) is 35.8 Å². The zero-order valence-electron chi connectivity index (χ0n) is 21.3. The van der Waals surface area contributed by atoms with Crippen molar-refractivity contribution in [3.05, 3.63) is 106 Å². The van der Waals surface area contributed by atoms with Gasteiger partial charge in [-0.1, -0.05) is 66.2 Å². The number of nitrogens with zero attached hydrogens (tertiary/aromatic N) is 1. The van der Waals surface area contributed by atoms with E-state index in [0.29, 0.717) is 34.6 Å². The number of benzene rings is 4. The van der Waals surface area contributed by atoms with Crippen molar-refractivity contribution in [3.63, 3.8) is 0 Å². The van der Waals surface area contributed by atoms with Crippen molar-refractivity contribution >= 4 is 51.4 Å². The summed E-state index contributed by atoms with van der Waals surface area (Å²) in [6.45, 7) is 3.06. The van der Waals surface area contributed by atoms with Crippen LogP contribution in [0.4, 0.5) is 4.79 Å². The molecule has 0 spiro atoms. The summed E-state index contributed by atoms with van der Waals surface area (Å²) in [5.74, 6) is 1.52. The Kier molecular flexibility index (Phi) is 8.39. The fourth-order valence-corrected chi connectivity index (χ4v) is 5.15. The van der Waals surface area contributed by atoms with Gasteiger partial charge in [0, 0.05) is 10.4 Å². The van der Waals surface area contributed by atoms with Crippen molar-refractivity contribution in [1.29, 1.82) is 0 Å². The molecular weight excluding hydrogens is 534 g/mol. The smallest absolute Gasteiger partial charge is 0.293 e. The molecule has 2 amide bonds. The largest absolute Gasteiger partial charge is 0.491 e. The molecule has 0 unspecified atom stereocenters. The molecule has 1 aliphatic heterocycles.